The van der Waals surface area contributed by atoms with E-state index in [1.165, 1.54) is 0 Å². The Balaban J connectivity index is 1.57. The predicted molar refractivity (Wildman–Crippen MR) is 123 cm³/mol. The molecule has 7 nitrogen and oxygen atoms in total. The number of hydrogen-bond acceptors (Lipinski definition) is 4. The number of benzene rings is 3. The van der Waals surface area contributed by atoms with Crippen molar-refractivity contribution in [3.63, 3.8) is 0 Å². The van der Waals surface area contributed by atoms with Gasteiger partial charge in [-0.1, -0.05) is 59.8 Å². The van der Waals surface area contributed by atoms with Crippen LogP contribution in [0, 0.1) is 6.92 Å². The third kappa shape index (κ3) is 4.89. The molecule has 1 atom stereocenters. The number of anilines is 1. The van der Waals surface area contributed by atoms with Gasteiger partial charge in [0.25, 0.3) is 5.91 Å². The van der Waals surface area contributed by atoms with E-state index in [1.807, 2.05) is 61.5 Å². The molecule has 4 aromatic rings. The van der Waals surface area contributed by atoms with E-state index in [1.54, 1.807) is 41.3 Å². The Labute approximate surface area is 186 Å². The Morgan fingerprint density at radius 2 is 1.66 bits per heavy atom. The van der Waals surface area contributed by atoms with E-state index in [-0.39, 0.29) is 11.8 Å². The molecule has 7 heteroatoms. The summed E-state index contributed by atoms with van der Waals surface area (Å²) in [5.41, 5.74) is 3.76. The summed E-state index contributed by atoms with van der Waals surface area (Å²) in [4.78, 5) is 26.0. The zero-order chi connectivity index (χ0) is 22.3. The zero-order valence-electron chi connectivity index (χ0n) is 17.6. The summed E-state index contributed by atoms with van der Waals surface area (Å²) in [6.45, 7) is 1.90. The summed E-state index contributed by atoms with van der Waals surface area (Å²) < 4.78 is 1.64. The van der Waals surface area contributed by atoms with E-state index in [4.69, 9.17) is 0 Å². The van der Waals surface area contributed by atoms with Crippen molar-refractivity contribution in [1.82, 2.24) is 20.3 Å². The Kier molecular flexibility index (Phi) is 6.36. The Morgan fingerprint density at radius 3 is 2.34 bits per heavy atom. The van der Waals surface area contributed by atoms with Crippen LogP contribution in [0.25, 0.3) is 5.69 Å². The molecular weight excluding hydrogens is 402 g/mol. The second kappa shape index (κ2) is 9.70. The lowest BCUT2D eigenvalue weighted by Gasteiger charge is -2.20. The van der Waals surface area contributed by atoms with Crippen molar-refractivity contribution in [3.8, 4) is 5.69 Å². The normalized spacial score (nSPS) is 11.5. The lowest BCUT2D eigenvalue weighted by Crippen LogP contribution is -2.45. The molecule has 4 rings (SSSR count). The fourth-order valence-electron chi connectivity index (χ4n) is 3.45. The van der Waals surface area contributed by atoms with E-state index >= 15 is 0 Å². The molecule has 32 heavy (non-hydrogen) atoms. The van der Waals surface area contributed by atoms with Crippen LogP contribution in [-0.2, 0) is 11.2 Å². The first kappa shape index (κ1) is 21.0. The number of aromatic nitrogens is 3. The Bertz CT molecular complexity index is 1190. The van der Waals surface area contributed by atoms with Gasteiger partial charge in [-0.3, -0.25) is 9.59 Å². The largest absolute Gasteiger partial charge is 0.340 e. The maximum absolute atomic E-state index is 13.3. The molecule has 2 amide bonds. The lowest BCUT2D eigenvalue weighted by atomic mass is 10.0. The molecule has 1 heterocycles. The highest BCUT2D eigenvalue weighted by atomic mass is 16.2. The molecule has 0 aliphatic heterocycles. The van der Waals surface area contributed by atoms with Crippen LogP contribution < -0.4 is 10.6 Å². The average molecular weight is 425 g/mol. The van der Waals surface area contributed by atoms with Gasteiger partial charge in [-0.15, -0.1) is 5.10 Å². The van der Waals surface area contributed by atoms with E-state index in [0.29, 0.717) is 17.7 Å². The quantitative estimate of drug-likeness (QED) is 0.474. The first-order valence-electron chi connectivity index (χ1n) is 10.3. The maximum atomic E-state index is 13.3. The van der Waals surface area contributed by atoms with Crippen LogP contribution in [0.2, 0.25) is 0 Å². The smallest absolute Gasteiger partial charge is 0.251 e. The highest BCUT2D eigenvalue weighted by molar-refractivity contribution is 6.01. The summed E-state index contributed by atoms with van der Waals surface area (Å²) in [6.07, 6.45) is 3.71. The molecule has 0 aliphatic rings. The second-order valence-electron chi connectivity index (χ2n) is 7.37. The van der Waals surface area contributed by atoms with Crippen molar-refractivity contribution in [1.29, 1.82) is 0 Å². The van der Waals surface area contributed by atoms with Gasteiger partial charge in [0.1, 0.15) is 6.04 Å². The summed E-state index contributed by atoms with van der Waals surface area (Å²) in [6, 6.07) is 23.3. The van der Waals surface area contributed by atoms with Crippen LogP contribution in [0.4, 0.5) is 5.69 Å². The second-order valence-corrected chi connectivity index (χ2v) is 7.37. The molecule has 1 aromatic heterocycles. The van der Waals surface area contributed by atoms with Crippen molar-refractivity contribution in [3.05, 3.63) is 108 Å². The molecule has 0 saturated heterocycles. The van der Waals surface area contributed by atoms with Gasteiger partial charge in [-0.25, -0.2) is 4.68 Å². The lowest BCUT2D eigenvalue weighted by molar-refractivity contribution is -0.118. The van der Waals surface area contributed by atoms with Crippen LogP contribution in [-0.4, -0.2) is 32.9 Å². The predicted octanol–water partition coefficient (Wildman–Crippen LogP) is 3.56. The van der Waals surface area contributed by atoms with E-state index < -0.39 is 6.04 Å². The molecule has 0 aliphatic carbocycles. The van der Waals surface area contributed by atoms with Crippen LogP contribution in [0.1, 0.15) is 21.5 Å². The van der Waals surface area contributed by atoms with Crippen LogP contribution in [0.15, 0.2) is 91.3 Å². The van der Waals surface area contributed by atoms with Gasteiger partial charge in [0, 0.05) is 17.7 Å². The summed E-state index contributed by atoms with van der Waals surface area (Å²) in [5.74, 6) is -0.591. The Hall–Kier alpha value is -4.26. The molecule has 160 valence electrons. The highest BCUT2D eigenvalue weighted by Gasteiger charge is 2.23. The summed E-state index contributed by atoms with van der Waals surface area (Å²) >= 11 is 0. The van der Waals surface area contributed by atoms with Crippen LogP contribution in [0.5, 0.6) is 0 Å². The van der Waals surface area contributed by atoms with E-state index in [9.17, 15) is 9.59 Å². The Morgan fingerprint density at radius 1 is 0.938 bits per heavy atom. The third-order valence-electron chi connectivity index (χ3n) is 5.17. The number of hydrogen-bond donors (Lipinski definition) is 2. The fraction of sp³-hybridized carbons (Fsp3) is 0.120. The van der Waals surface area contributed by atoms with Crippen molar-refractivity contribution >= 4 is 17.5 Å². The van der Waals surface area contributed by atoms with Crippen LogP contribution >= 0.6 is 0 Å². The van der Waals surface area contributed by atoms with Crippen molar-refractivity contribution in [2.75, 3.05) is 5.32 Å². The van der Waals surface area contributed by atoms with Crippen molar-refractivity contribution < 1.29 is 9.59 Å². The van der Waals surface area contributed by atoms with Gasteiger partial charge in [0.2, 0.25) is 5.91 Å². The van der Waals surface area contributed by atoms with Gasteiger partial charge < -0.3 is 10.6 Å². The van der Waals surface area contributed by atoms with Gasteiger partial charge in [0.15, 0.2) is 0 Å². The molecule has 0 fully saturated rings. The fourth-order valence-corrected chi connectivity index (χ4v) is 3.45. The molecule has 0 saturated carbocycles. The number of carbonyl (C=O) groups is 2. The minimum absolute atomic E-state index is 0.294. The van der Waals surface area contributed by atoms with Gasteiger partial charge in [0.05, 0.1) is 18.1 Å². The zero-order valence-corrected chi connectivity index (χ0v) is 17.6. The third-order valence-corrected chi connectivity index (χ3v) is 5.17. The molecule has 0 radical (unpaired) electrons. The molecule has 1 unspecified atom stereocenters. The summed E-state index contributed by atoms with van der Waals surface area (Å²) in [7, 11) is 0. The van der Waals surface area contributed by atoms with Gasteiger partial charge in [-0.05, 0) is 42.3 Å². The molecule has 2 N–H and O–H groups in total. The van der Waals surface area contributed by atoms with Crippen molar-refractivity contribution in [2.45, 2.75) is 19.4 Å². The topological polar surface area (TPSA) is 88.9 Å². The van der Waals surface area contributed by atoms with Crippen molar-refractivity contribution in [2.24, 2.45) is 0 Å². The molecule has 3 aromatic carbocycles. The first-order chi connectivity index (χ1) is 15.6. The molecule has 0 spiro atoms. The van der Waals surface area contributed by atoms with Gasteiger partial charge in [-0.2, -0.15) is 0 Å². The number of nitrogens with zero attached hydrogens (tertiary/aromatic N) is 3. The highest BCUT2D eigenvalue weighted by Crippen LogP contribution is 2.22. The first-order valence-corrected chi connectivity index (χ1v) is 10.3. The number of carbonyl (C=O) groups excluding carboxylic acids is 2. The van der Waals surface area contributed by atoms with E-state index in [0.717, 1.165) is 16.8 Å². The molecule has 0 bridgehead atoms. The number of nitrogens with one attached hydrogen (secondary N) is 2. The molecular formula is C25H23N5O2. The monoisotopic (exact) mass is 425 g/mol. The minimum atomic E-state index is -0.750. The van der Waals surface area contributed by atoms with E-state index in [2.05, 4.69) is 20.9 Å². The summed E-state index contributed by atoms with van der Waals surface area (Å²) in [5, 5.41) is 13.7. The SMILES string of the molecule is Cc1c(NC(=O)C(Cc2ccccc2)NC(=O)c2ccccc2)cccc1-n1ccnn1. The number of rotatable bonds is 7. The van der Waals surface area contributed by atoms with Gasteiger partial charge >= 0.3 is 0 Å². The standard InChI is InChI=1S/C25H23N5O2/c1-18-21(13-8-14-23(18)30-16-15-26-29-30)27-25(32)22(17-19-9-4-2-5-10-19)28-24(31)20-11-6-3-7-12-20/h2-16,22H,17H2,1H3,(H,27,32)(H,28,31). The minimum Gasteiger partial charge on any atom is -0.340 e. The average Bonchev–Trinajstić information content (AvgIpc) is 3.36. The van der Waals surface area contributed by atoms with Crippen LogP contribution in [0.3, 0.4) is 0 Å². The maximum Gasteiger partial charge on any atom is 0.251 e. The number of amides is 2.